The van der Waals surface area contributed by atoms with E-state index in [1.807, 2.05) is 6.92 Å². The summed E-state index contributed by atoms with van der Waals surface area (Å²) >= 11 is 0. The van der Waals surface area contributed by atoms with Gasteiger partial charge in [0.25, 0.3) is 0 Å². The second-order valence-electron chi connectivity index (χ2n) is 3.10. The fourth-order valence-electron chi connectivity index (χ4n) is 1.06. The van der Waals surface area contributed by atoms with Crippen molar-refractivity contribution in [2.24, 2.45) is 0 Å². The van der Waals surface area contributed by atoms with E-state index in [1.54, 1.807) is 0 Å². The molecule has 0 amide bonds. The molecule has 0 aliphatic carbocycles. The first-order valence-electron chi connectivity index (χ1n) is 4.71. The van der Waals surface area contributed by atoms with Gasteiger partial charge < -0.3 is 14.2 Å². The molecule has 0 aromatic rings. The number of hydrogen-bond donors (Lipinski definition) is 0. The van der Waals surface area contributed by atoms with Gasteiger partial charge in [-0.25, -0.2) is 4.79 Å². The zero-order chi connectivity index (χ0) is 11.1. The van der Waals surface area contributed by atoms with Crippen LogP contribution in [0.5, 0.6) is 0 Å². The molecule has 0 saturated carbocycles. The van der Waals surface area contributed by atoms with Crippen molar-refractivity contribution in [2.75, 3.05) is 0 Å². The predicted molar refractivity (Wildman–Crippen MR) is 54.4 cm³/mol. The van der Waals surface area contributed by atoms with Crippen LogP contribution in [0.15, 0.2) is 37.2 Å². The lowest BCUT2D eigenvalue weighted by atomic mass is 10.2. The van der Waals surface area contributed by atoms with Gasteiger partial charge in [-0.1, -0.05) is 6.58 Å². The van der Waals surface area contributed by atoms with Gasteiger partial charge in [-0.15, -0.1) is 0 Å². The second-order valence-corrected chi connectivity index (χ2v) is 3.10. The average Bonchev–Trinajstić information content (AvgIpc) is 2.27. The van der Waals surface area contributed by atoms with Gasteiger partial charge >= 0.3 is 5.97 Å². The monoisotopic (exact) mass is 210 g/mol. The molecule has 0 saturated heterocycles. The summed E-state index contributed by atoms with van der Waals surface area (Å²) in [4.78, 5) is 10.9. The van der Waals surface area contributed by atoms with Crippen LogP contribution in [0, 0.1) is 0 Å². The van der Waals surface area contributed by atoms with E-state index < -0.39 is 5.97 Å². The third-order valence-electron chi connectivity index (χ3n) is 1.83. The van der Waals surface area contributed by atoms with E-state index in [9.17, 15) is 4.79 Å². The number of rotatable bonds is 5. The maximum absolute atomic E-state index is 10.9. The minimum absolute atomic E-state index is 0.161. The molecule has 4 heteroatoms. The highest BCUT2D eigenvalue weighted by Gasteiger charge is 2.09. The Morgan fingerprint density at radius 2 is 2.47 bits per heavy atom. The van der Waals surface area contributed by atoms with Crippen LogP contribution in [0.4, 0.5) is 0 Å². The van der Waals surface area contributed by atoms with Crippen LogP contribution in [0.3, 0.4) is 0 Å². The van der Waals surface area contributed by atoms with Gasteiger partial charge in [0, 0.05) is 12.5 Å². The van der Waals surface area contributed by atoms with Crippen molar-refractivity contribution in [3.8, 4) is 0 Å². The van der Waals surface area contributed by atoms with Gasteiger partial charge in [-0.2, -0.15) is 0 Å². The molecule has 0 spiro atoms. The molecule has 0 N–H and O–H groups in total. The average molecular weight is 210 g/mol. The summed E-state index contributed by atoms with van der Waals surface area (Å²) in [5.74, 6) is 0.316. The van der Waals surface area contributed by atoms with Crippen molar-refractivity contribution in [1.29, 1.82) is 0 Å². The van der Waals surface area contributed by atoms with Crippen molar-refractivity contribution in [1.82, 2.24) is 0 Å². The lowest BCUT2D eigenvalue weighted by molar-refractivity contribution is -0.142. The zero-order valence-corrected chi connectivity index (χ0v) is 8.64. The Labute approximate surface area is 88.8 Å². The molecule has 82 valence electrons. The molecule has 4 nitrogen and oxygen atoms in total. The SMILES string of the molecule is C=CC(=O)OC(C)CCC1=COC=CO1. The molecule has 1 rings (SSSR count). The standard InChI is InChI=1S/C11H14O4/c1-3-11(12)15-9(2)4-5-10-8-13-6-7-14-10/h3,6-9H,1,4-5H2,2H3. The van der Waals surface area contributed by atoms with Crippen molar-refractivity contribution < 1.29 is 19.0 Å². The van der Waals surface area contributed by atoms with Crippen LogP contribution in [-0.4, -0.2) is 12.1 Å². The quantitative estimate of drug-likeness (QED) is 0.515. The highest BCUT2D eigenvalue weighted by Crippen LogP contribution is 2.14. The summed E-state index contributed by atoms with van der Waals surface area (Å²) in [5.41, 5.74) is 0. The minimum atomic E-state index is -0.405. The van der Waals surface area contributed by atoms with Gasteiger partial charge in [0.15, 0.2) is 0 Å². The number of carbonyl (C=O) groups excluding carboxylic acids is 1. The maximum Gasteiger partial charge on any atom is 0.330 e. The molecular formula is C11H14O4. The highest BCUT2D eigenvalue weighted by atomic mass is 16.5. The van der Waals surface area contributed by atoms with E-state index in [2.05, 4.69) is 6.58 Å². The van der Waals surface area contributed by atoms with E-state index in [1.165, 1.54) is 18.8 Å². The van der Waals surface area contributed by atoms with Crippen molar-refractivity contribution in [3.05, 3.63) is 37.2 Å². The summed E-state index contributed by atoms with van der Waals surface area (Å²) < 4.78 is 15.1. The summed E-state index contributed by atoms with van der Waals surface area (Å²) in [6.45, 7) is 5.14. The van der Waals surface area contributed by atoms with Gasteiger partial charge in [0.05, 0.1) is 6.10 Å². The van der Waals surface area contributed by atoms with Crippen LogP contribution >= 0.6 is 0 Å². The molecule has 0 aromatic carbocycles. The smallest absolute Gasteiger partial charge is 0.330 e. The van der Waals surface area contributed by atoms with Crippen LogP contribution in [0.1, 0.15) is 19.8 Å². The fraction of sp³-hybridized carbons (Fsp3) is 0.364. The molecule has 0 bridgehead atoms. The lowest BCUT2D eigenvalue weighted by Crippen LogP contribution is -2.13. The summed E-state index contributed by atoms with van der Waals surface area (Å²) in [6, 6.07) is 0. The summed E-state index contributed by atoms with van der Waals surface area (Å²) in [5, 5.41) is 0. The molecule has 15 heavy (non-hydrogen) atoms. The van der Waals surface area contributed by atoms with Crippen LogP contribution in [0.2, 0.25) is 0 Å². The van der Waals surface area contributed by atoms with Crippen LogP contribution in [0.25, 0.3) is 0 Å². The van der Waals surface area contributed by atoms with Crippen molar-refractivity contribution in [2.45, 2.75) is 25.9 Å². The molecular weight excluding hydrogens is 196 g/mol. The minimum Gasteiger partial charge on any atom is -0.466 e. The topological polar surface area (TPSA) is 44.8 Å². The van der Waals surface area contributed by atoms with E-state index in [0.717, 1.165) is 11.8 Å². The van der Waals surface area contributed by atoms with Crippen molar-refractivity contribution in [3.63, 3.8) is 0 Å². The normalized spacial score (nSPS) is 15.7. The largest absolute Gasteiger partial charge is 0.466 e. The molecule has 1 aliphatic heterocycles. The molecule has 0 aromatic heterocycles. The lowest BCUT2D eigenvalue weighted by Gasteiger charge is -2.13. The van der Waals surface area contributed by atoms with Crippen LogP contribution < -0.4 is 0 Å². The molecule has 0 radical (unpaired) electrons. The Balaban J connectivity index is 2.21. The first-order valence-corrected chi connectivity index (χ1v) is 4.71. The van der Waals surface area contributed by atoms with E-state index in [-0.39, 0.29) is 6.10 Å². The first kappa shape index (κ1) is 11.4. The number of allylic oxidation sites excluding steroid dienone is 1. The molecule has 0 fully saturated rings. The number of esters is 1. The molecule has 1 heterocycles. The van der Waals surface area contributed by atoms with Gasteiger partial charge in [0.2, 0.25) is 0 Å². The van der Waals surface area contributed by atoms with Gasteiger partial charge in [0.1, 0.15) is 24.5 Å². The fourth-order valence-corrected chi connectivity index (χ4v) is 1.06. The second kappa shape index (κ2) is 5.90. The maximum atomic E-state index is 10.9. The third kappa shape index (κ3) is 4.35. The van der Waals surface area contributed by atoms with Crippen LogP contribution in [-0.2, 0) is 19.0 Å². The van der Waals surface area contributed by atoms with Gasteiger partial charge in [-0.05, 0) is 13.3 Å². The third-order valence-corrected chi connectivity index (χ3v) is 1.83. The zero-order valence-electron chi connectivity index (χ0n) is 8.64. The predicted octanol–water partition coefficient (Wildman–Crippen LogP) is 2.24. The Hall–Kier alpha value is -1.71. The highest BCUT2D eigenvalue weighted by molar-refractivity contribution is 5.81. The number of carbonyl (C=O) groups is 1. The Kier molecular flexibility index (Phi) is 4.47. The van der Waals surface area contributed by atoms with Gasteiger partial charge in [-0.3, -0.25) is 0 Å². The van der Waals surface area contributed by atoms with E-state index in [0.29, 0.717) is 12.8 Å². The Morgan fingerprint density at radius 3 is 3.07 bits per heavy atom. The first-order chi connectivity index (χ1) is 7.22. The molecule has 1 atom stereocenters. The molecule has 1 unspecified atom stereocenters. The summed E-state index contributed by atoms with van der Waals surface area (Å²) in [7, 11) is 0. The number of hydrogen-bond acceptors (Lipinski definition) is 4. The molecule has 1 aliphatic rings. The Bertz CT molecular complexity index is 291. The van der Waals surface area contributed by atoms with Crippen molar-refractivity contribution >= 4 is 5.97 Å². The summed E-state index contributed by atoms with van der Waals surface area (Å²) in [6.07, 6.45) is 6.78. The van der Waals surface area contributed by atoms with E-state index >= 15 is 0 Å². The van der Waals surface area contributed by atoms with E-state index in [4.69, 9.17) is 14.2 Å². The number of ether oxygens (including phenoxy) is 3. The Morgan fingerprint density at radius 1 is 1.67 bits per heavy atom.